The molecule has 0 aromatic heterocycles. The van der Waals surface area contributed by atoms with Crippen LogP contribution in [0.2, 0.25) is 0 Å². The number of anilines is 2. The second-order valence-electron chi connectivity index (χ2n) is 4.37. The standard InChI is InChI=1S/C15H14BrFN2O/c1-10-5-6-11(16)7-14(10)18-9-15(20)19-13-4-2-3-12(17)8-13/h2-8,18H,9H2,1H3,(H,19,20). The Hall–Kier alpha value is -1.88. The Bertz CT molecular complexity index is 631. The molecule has 20 heavy (non-hydrogen) atoms. The molecule has 0 saturated heterocycles. The maximum atomic E-state index is 13.0. The van der Waals surface area contributed by atoms with E-state index in [2.05, 4.69) is 26.6 Å². The van der Waals surface area contributed by atoms with E-state index in [9.17, 15) is 9.18 Å². The zero-order valence-corrected chi connectivity index (χ0v) is 12.5. The molecule has 0 saturated carbocycles. The first-order valence-corrected chi connectivity index (χ1v) is 6.89. The predicted molar refractivity (Wildman–Crippen MR) is 82.4 cm³/mol. The van der Waals surface area contributed by atoms with Crippen molar-refractivity contribution in [3.8, 4) is 0 Å². The minimum Gasteiger partial charge on any atom is -0.376 e. The molecule has 104 valence electrons. The number of aryl methyl sites for hydroxylation is 1. The molecule has 0 fully saturated rings. The summed E-state index contributed by atoms with van der Waals surface area (Å²) in [6.07, 6.45) is 0. The largest absolute Gasteiger partial charge is 0.376 e. The van der Waals surface area contributed by atoms with Crippen molar-refractivity contribution in [2.45, 2.75) is 6.92 Å². The number of amides is 1. The van der Waals surface area contributed by atoms with E-state index in [0.29, 0.717) is 5.69 Å². The lowest BCUT2D eigenvalue weighted by atomic mass is 10.2. The lowest BCUT2D eigenvalue weighted by Crippen LogP contribution is -2.22. The van der Waals surface area contributed by atoms with Gasteiger partial charge < -0.3 is 10.6 Å². The van der Waals surface area contributed by atoms with Crippen LogP contribution in [-0.4, -0.2) is 12.5 Å². The van der Waals surface area contributed by atoms with Crippen LogP contribution in [0.4, 0.5) is 15.8 Å². The Balaban J connectivity index is 1.94. The highest BCUT2D eigenvalue weighted by Gasteiger charge is 2.05. The van der Waals surface area contributed by atoms with Crippen molar-refractivity contribution in [2.24, 2.45) is 0 Å². The summed E-state index contributed by atoms with van der Waals surface area (Å²) in [6.45, 7) is 2.08. The van der Waals surface area contributed by atoms with E-state index in [0.717, 1.165) is 15.7 Å². The Morgan fingerprint density at radius 1 is 1.25 bits per heavy atom. The molecular weight excluding hydrogens is 323 g/mol. The van der Waals surface area contributed by atoms with Crippen molar-refractivity contribution >= 4 is 33.2 Å². The van der Waals surface area contributed by atoms with Gasteiger partial charge in [-0.15, -0.1) is 0 Å². The van der Waals surface area contributed by atoms with Crippen molar-refractivity contribution in [1.29, 1.82) is 0 Å². The second kappa shape index (κ2) is 6.52. The summed E-state index contributed by atoms with van der Waals surface area (Å²) >= 11 is 3.38. The maximum absolute atomic E-state index is 13.0. The van der Waals surface area contributed by atoms with Crippen LogP contribution in [-0.2, 0) is 4.79 Å². The van der Waals surface area contributed by atoms with Gasteiger partial charge in [-0.25, -0.2) is 4.39 Å². The van der Waals surface area contributed by atoms with Gasteiger partial charge >= 0.3 is 0 Å². The highest BCUT2D eigenvalue weighted by Crippen LogP contribution is 2.20. The normalized spacial score (nSPS) is 10.2. The Kier molecular flexibility index (Phi) is 4.74. The van der Waals surface area contributed by atoms with Crippen LogP contribution in [0.3, 0.4) is 0 Å². The van der Waals surface area contributed by atoms with E-state index in [1.165, 1.54) is 12.1 Å². The number of carbonyl (C=O) groups excluding carboxylic acids is 1. The molecule has 0 aliphatic rings. The number of carbonyl (C=O) groups is 1. The van der Waals surface area contributed by atoms with Gasteiger partial charge in [-0.1, -0.05) is 28.1 Å². The quantitative estimate of drug-likeness (QED) is 0.887. The van der Waals surface area contributed by atoms with Crippen LogP contribution in [0.25, 0.3) is 0 Å². The molecule has 2 aromatic carbocycles. The van der Waals surface area contributed by atoms with E-state index in [1.54, 1.807) is 12.1 Å². The van der Waals surface area contributed by atoms with E-state index in [-0.39, 0.29) is 18.3 Å². The van der Waals surface area contributed by atoms with Gasteiger partial charge in [-0.2, -0.15) is 0 Å². The fourth-order valence-electron chi connectivity index (χ4n) is 1.73. The van der Waals surface area contributed by atoms with Crippen molar-refractivity contribution < 1.29 is 9.18 Å². The van der Waals surface area contributed by atoms with Crippen LogP contribution >= 0.6 is 15.9 Å². The second-order valence-corrected chi connectivity index (χ2v) is 5.29. The number of rotatable bonds is 4. The fourth-order valence-corrected chi connectivity index (χ4v) is 2.09. The molecule has 0 aliphatic heterocycles. The fraction of sp³-hybridized carbons (Fsp3) is 0.133. The zero-order chi connectivity index (χ0) is 14.5. The molecule has 1 amide bonds. The third-order valence-corrected chi connectivity index (χ3v) is 3.24. The van der Waals surface area contributed by atoms with Crippen molar-refractivity contribution in [1.82, 2.24) is 0 Å². The molecule has 0 aliphatic carbocycles. The molecule has 2 N–H and O–H groups in total. The number of benzene rings is 2. The van der Waals surface area contributed by atoms with Gasteiger partial charge in [0.1, 0.15) is 5.82 Å². The van der Waals surface area contributed by atoms with Gasteiger partial charge in [-0.05, 0) is 42.8 Å². The molecule has 2 aromatic rings. The molecule has 0 spiro atoms. The first kappa shape index (κ1) is 14.5. The third kappa shape index (κ3) is 4.06. The van der Waals surface area contributed by atoms with E-state index < -0.39 is 0 Å². The summed E-state index contributed by atoms with van der Waals surface area (Å²) in [5, 5.41) is 5.69. The SMILES string of the molecule is Cc1ccc(Br)cc1NCC(=O)Nc1cccc(F)c1. The van der Waals surface area contributed by atoms with Gasteiger partial charge in [-0.3, -0.25) is 4.79 Å². The molecule has 0 radical (unpaired) electrons. The van der Waals surface area contributed by atoms with Crippen LogP contribution in [0, 0.1) is 12.7 Å². The van der Waals surface area contributed by atoms with Crippen molar-refractivity contribution in [2.75, 3.05) is 17.2 Å². The average Bonchev–Trinajstić information content (AvgIpc) is 2.40. The molecule has 3 nitrogen and oxygen atoms in total. The predicted octanol–water partition coefficient (Wildman–Crippen LogP) is 3.95. The topological polar surface area (TPSA) is 41.1 Å². The summed E-state index contributed by atoms with van der Waals surface area (Å²) in [4.78, 5) is 11.8. The molecule has 0 unspecified atom stereocenters. The molecule has 0 atom stereocenters. The first-order chi connectivity index (χ1) is 9.54. The minimum absolute atomic E-state index is 0.119. The Labute approximate surface area is 125 Å². The van der Waals surface area contributed by atoms with Crippen LogP contribution in [0.15, 0.2) is 46.9 Å². The average molecular weight is 337 g/mol. The number of nitrogens with one attached hydrogen (secondary N) is 2. The first-order valence-electron chi connectivity index (χ1n) is 6.10. The maximum Gasteiger partial charge on any atom is 0.243 e. The molecule has 2 rings (SSSR count). The summed E-state index contributed by atoms with van der Waals surface area (Å²) in [6, 6.07) is 11.6. The van der Waals surface area contributed by atoms with Crippen LogP contribution in [0.5, 0.6) is 0 Å². The highest BCUT2D eigenvalue weighted by molar-refractivity contribution is 9.10. The van der Waals surface area contributed by atoms with Gasteiger partial charge in [0, 0.05) is 15.8 Å². The lowest BCUT2D eigenvalue weighted by molar-refractivity contribution is -0.114. The Morgan fingerprint density at radius 3 is 2.80 bits per heavy atom. The number of halogens is 2. The van der Waals surface area contributed by atoms with Gasteiger partial charge in [0.2, 0.25) is 5.91 Å². The third-order valence-electron chi connectivity index (χ3n) is 2.75. The van der Waals surface area contributed by atoms with Gasteiger partial charge in [0.15, 0.2) is 0 Å². The van der Waals surface area contributed by atoms with Crippen molar-refractivity contribution in [3.63, 3.8) is 0 Å². The molecule has 0 heterocycles. The summed E-state index contributed by atoms with van der Waals surface area (Å²) in [5.41, 5.74) is 2.38. The minimum atomic E-state index is -0.376. The lowest BCUT2D eigenvalue weighted by Gasteiger charge is -2.10. The summed E-state index contributed by atoms with van der Waals surface area (Å²) in [7, 11) is 0. The zero-order valence-electron chi connectivity index (χ0n) is 10.9. The van der Waals surface area contributed by atoms with E-state index >= 15 is 0 Å². The summed E-state index contributed by atoms with van der Waals surface area (Å²) in [5.74, 6) is -0.603. The molecule has 5 heteroatoms. The smallest absolute Gasteiger partial charge is 0.243 e. The van der Waals surface area contributed by atoms with E-state index in [4.69, 9.17) is 0 Å². The van der Waals surface area contributed by atoms with Crippen LogP contribution in [0.1, 0.15) is 5.56 Å². The van der Waals surface area contributed by atoms with Crippen LogP contribution < -0.4 is 10.6 Å². The number of hydrogen-bond donors (Lipinski definition) is 2. The Morgan fingerprint density at radius 2 is 2.05 bits per heavy atom. The highest BCUT2D eigenvalue weighted by atomic mass is 79.9. The van der Waals surface area contributed by atoms with Crippen molar-refractivity contribution in [3.05, 3.63) is 58.3 Å². The monoisotopic (exact) mass is 336 g/mol. The molecule has 0 bridgehead atoms. The number of hydrogen-bond acceptors (Lipinski definition) is 2. The van der Waals surface area contributed by atoms with Gasteiger partial charge in [0.25, 0.3) is 0 Å². The summed E-state index contributed by atoms with van der Waals surface area (Å²) < 4.78 is 13.9. The van der Waals surface area contributed by atoms with Gasteiger partial charge in [0.05, 0.1) is 6.54 Å². The van der Waals surface area contributed by atoms with E-state index in [1.807, 2.05) is 25.1 Å². The molecular formula is C15H14BrFN2O.